The maximum absolute atomic E-state index is 13.2. The number of fused-ring (bicyclic) bond motifs is 3. The van der Waals surface area contributed by atoms with Crippen molar-refractivity contribution in [1.29, 1.82) is 0 Å². The van der Waals surface area contributed by atoms with Crippen molar-refractivity contribution >= 4 is 29.3 Å². The van der Waals surface area contributed by atoms with Crippen molar-refractivity contribution < 1.29 is 19.4 Å². The largest absolute Gasteiger partial charge is 0.478 e. The smallest absolute Gasteiger partial charge is 0.335 e. The van der Waals surface area contributed by atoms with Crippen LogP contribution in [0.5, 0.6) is 0 Å². The van der Waals surface area contributed by atoms with Gasteiger partial charge in [0.15, 0.2) is 0 Å². The number of nitrogens with one attached hydrogen (secondary N) is 1. The maximum atomic E-state index is 13.2. The molecule has 2 aromatic carbocycles. The van der Waals surface area contributed by atoms with E-state index in [-0.39, 0.29) is 17.0 Å². The minimum Gasteiger partial charge on any atom is -0.478 e. The van der Waals surface area contributed by atoms with Crippen LogP contribution in [-0.4, -0.2) is 32.8 Å². The van der Waals surface area contributed by atoms with Crippen LogP contribution in [0.3, 0.4) is 0 Å². The van der Waals surface area contributed by atoms with Crippen molar-refractivity contribution in [3.05, 3.63) is 70.0 Å². The molecule has 0 saturated carbocycles. The minimum absolute atomic E-state index is 0.139. The van der Waals surface area contributed by atoms with E-state index < -0.39 is 12.1 Å². The Morgan fingerprint density at radius 3 is 2.55 bits per heavy atom. The highest BCUT2D eigenvalue weighted by molar-refractivity contribution is 7.99. The third-order valence-corrected chi connectivity index (χ3v) is 6.49. The number of carboxylic acids is 1. The second-order valence-electron chi connectivity index (χ2n) is 7.82. The summed E-state index contributed by atoms with van der Waals surface area (Å²) < 4.78 is 1.58. The van der Waals surface area contributed by atoms with Gasteiger partial charge < -0.3 is 5.11 Å². The number of nitrogens with zero attached hydrogens (tertiary/aromatic N) is 3. The molecule has 9 heteroatoms. The predicted octanol–water partition coefficient (Wildman–Crippen LogP) is 3.62. The van der Waals surface area contributed by atoms with Gasteiger partial charge in [-0.1, -0.05) is 43.7 Å². The zero-order valence-electron chi connectivity index (χ0n) is 18.4. The van der Waals surface area contributed by atoms with Crippen LogP contribution in [0.15, 0.2) is 58.5 Å². The number of carboxylic acid groups (broad SMARTS) is 1. The summed E-state index contributed by atoms with van der Waals surface area (Å²) >= 11 is 1.47. The Hall–Kier alpha value is -3.46. The topological polar surface area (TPSA) is 107 Å². The van der Waals surface area contributed by atoms with Crippen molar-refractivity contribution in [1.82, 2.24) is 10.1 Å². The summed E-state index contributed by atoms with van der Waals surface area (Å²) in [5.41, 5.74) is 2.08. The van der Waals surface area contributed by atoms with Crippen molar-refractivity contribution in [2.75, 3.05) is 10.7 Å². The normalized spacial score (nSPS) is 14.5. The fraction of sp³-hybridized carbons (Fsp3) is 0.292. The third kappa shape index (κ3) is 4.41. The van der Waals surface area contributed by atoms with E-state index in [9.17, 15) is 19.5 Å². The van der Waals surface area contributed by atoms with E-state index in [4.69, 9.17) is 5.10 Å². The van der Waals surface area contributed by atoms with Gasteiger partial charge >= 0.3 is 17.2 Å². The number of aromatic nitrogens is 3. The number of para-hydroxylation sites is 1. The number of aromatic carboxylic acids is 1. The van der Waals surface area contributed by atoms with Crippen LogP contribution in [0.2, 0.25) is 0 Å². The molecule has 0 radical (unpaired) electrons. The predicted molar refractivity (Wildman–Crippen MR) is 125 cm³/mol. The molecule has 1 aliphatic rings. The number of unbranched alkanes of at least 4 members (excludes halogenated alkanes) is 2. The maximum Gasteiger partial charge on any atom is 0.335 e. The van der Waals surface area contributed by atoms with E-state index in [1.807, 2.05) is 12.1 Å². The average Bonchev–Trinajstić information content (AvgIpc) is 2.80. The van der Waals surface area contributed by atoms with Gasteiger partial charge in [-0.15, -0.1) is 0 Å². The minimum atomic E-state index is -1.03. The molecule has 1 aromatic heterocycles. The lowest BCUT2D eigenvalue weighted by Gasteiger charge is -2.31. The summed E-state index contributed by atoms with van der Waals surface area (Å²) in [6.07, 6.45) is 2.48. The molecule has 0 unspecified atom stereocenters. The number of anilines is 1. The molecule has 1 atom stereocenters. The standard InChI is InChI=1S/C24H24N4O4S/c1-3-4-7-14-33-24-25-21(30)20-18-8-5-6-9-19(18)27(15(2)29)22(28(20)26-24)16-10-12-17(13-11-16)23(31)32/h5-6,8-13,22H,3-4,7,14H2,1-2H3,(H-,25,26,30,31,32)/p+1/t22-/m1/s1. The van der Waals surface area contributed by atoms with Gasteiger partial charge in [-0.05, 0) is 47.5 Å². The highest BCUT2D eigenvalue weighted by atomic mass is 32.2. The first-order valence-electron chi connectivity index (χ1n) is 10.8. The number of H-pyrrole nitrogens is 1. The summed E-state index contributed by atoms with van der Waals surface area (Å²) in [5, 5.41) is 14.5. The van der Waals surface area contributed by atoms with Crippen molar-refractivity contribution in [3.8, 4) is 11.3 Å². The lowest BCUT2D eigenvalue weighted by Crippen LogP contribution is -2.60. The van der Waals surface area contributed by atoms with Crippen LogP contribution < -0.4 is 15.1 Å². The molecule has 1 aliphatic heterocycles. The molecule has 2 N–H and O–H groups in total. The molecule has 170 valence electrons. The van der Waals surface area contributed by atoms with Gasteiger partial charge in [-0.25, -0.2) is 9.69 Å². The van der Waals surface area contributed by atoms with Crippen LogP contribution >= 0.6 is 11.8 Å². The summed E-state index contributed by atoms with van der Waals surface area (Å²) in [6.45, 7) is 3.60. The van der Waals surface area contributed by atoms with Crippen LogP contribution in [0.4, 0.5) is 5.69 Å². The molecule has 1 amide bonds. The monoisotopic (exact) mass is 465 g/mol. The molecule has 2 heterocycles. The molecule has 0 spiro atoms. The van der Waals surface area contributed by atoms with Gasteiger partial charge in [-0.2, -0.15) is 0 Å². The molecule has 0 bridgehead atoms. The first kappa shape index (κ1) is 22.7. The van der Waals surface area contributed by atoms with Crippen LogP contribution in [0, 0.1) is 0 Å². The quantitative estimate of drug-likeness (QED) is 0.314. The van der Waals surface area contributed by atoms with E-state index >= 15 is 0 Å². The molecule has 4 rings (SSSR count). The van der Waals surface area contributed by atoms with Gasteiger partial charge in [0.05, 0.1) is 16.8 Å². The Kier molecular flexibility index (Phi) is 6.60. The van der Waals surface area contributed by atoms with Gasteiger partial charge in [0.25, 0.3) is 6.17 Å². The molecular formula is C24H25N4O4S+. The lowest BCUT2D eigenvalue weighted by molar-refractivity contribution is -0.763. The number of benzene rings is 2. The molecule has 33 heavy (non-hydrogen) atoms. The third-order valence-electron chi connectivity index (χ3n) is 5.54. The number of rotatable bonds is 7. The second-order valence-corrected chi connectivity index (χ2v) is 8.90. The highest BCUT2D eigenvalue weighted by Gasteiger charge is 2.44. The lowest BCUT2D eigenvalue weighted by atomic mass is 10.0. The van der Waals surface area contributed by atoms with Crippen molar-refractivity contribution in [2.24, 2.45) is 0 Å². The first-order valence-corrected chi connectivity index (χ1v) is 11.8. The van der Waals surface area contributed by atoms with E-state index in [0.29, 0.717) is 27.7 Å². The Labute approximate surface area is 195 Å². The molecular weight excluding hydrogens is 440 g/mol. The summed E-state index contributed by atoms with van der Waals surface area (Å²) in [7, 11) is 0. The van der Waals surface area contributed by atoms with Crippen LogP contribution in [0.25, 0.3) is 11.3 Å². The number of carbonyl (C=O) groups is 2. The molecule has 8 nitrogen and oxygen atoms in total. The fourth-order valence-electron chi connectivity index (χ4n) is 4.00. The average molecular weight is 466 g/mol. The molecule has 3 aromatic rings. The van der Waals surface area contributed by atoms with Gasteiger partial charge in [0.1, 0.15) is 0 Å². The summed E-state index contributed by atoms with van der Waals surface area (Å²) in [6, 6.07) is 13.5. The molecule has 0 saturated heterocycles. The SMILES string of the molecule is CCCCCSc1n[n+]2c(c(=O)[nH]1)-c1ccccc1N(C(C)=O)[C@H]2c1ccc(C(=O)O)cc1. The second kappa shape index (κ2) is 9.58. The van der Waals surface area contributed by atoms with Gasteiger partial charge in [0, 0.05) is 23.3 Å². The number of hydrogen-bond acceptors (Lipinski definition) is 5. The van der Waals surface area contributed by atoms with E-state index in [2.05, 4.69) is 11.9 Å². The first-order chi connectivity index (χ1) is 15.9. The summed E-state index contributed by atoms with van der Waals surface area (Å²) in [4.78, 5) is 41.9. The molecule has 0 aliphatic carbocycles. The number of amides is 1. The Morgan fingerprint density at radius 1 is 1.15 bits per heavy atom. The van der Waals surface area contributed by atoms with Crippen molar-refractivity contribution in [3.63, 3.8) is 0 Å². The Bertz CT molecular complexity index is 1260. The highest BCUT2D eigenvalue weighted by Crippen LogP contribution is 2.37. The van der Waals surface area contributed by atoms with E-state index in [1.54, 1.807) is 33.8 Å². The van der Waals surface area contributed by atoms with Crippen molar-refractivity contribution in [2.45, 2.75) is 44.4 Å². The van der Waals surface area contributed by atoms with Gasteiger partial charge in [-0.3, -0.25) is 14.6 Å². The number of carbonyl (C=O) groups excluding carboxylic acids is 1. The zero-order chi connectivity index (χ0) is 23.5. The number of thioether (sulfide) groups is 1. The summed E-state index contributed by atoms with van der Waals surface area (Å²) in [5.74, 6) is -0.430. The number of hydrogen-bond donors (Lipinski definition) is 2. The van der Waals surface area contributed by atoms with E-state index in [1.165, 1.54) is 30.8 Å². The van der Waals surface area contributed by atoms with Crippen LogP contribution in [-0.2, 0) is 4.79 Å². The number of aromatic amines is 1. The Morgan fingerprint density at radius 2 is 1.88 bits per heavy atom. The van der Waals surface area contributed by atoms with Gasteiger partial charge in [0.2, 0.25) is 11.1 Å². The van der Waals surface area contributed by atoms with Crippen LogP contribution in [0.1, 0.15) is 55.2 Å². The van der Waals surface area contributed by atoms with E-state index in [0.717, 1.165) is 25.0 Å². The Balaban J connectivity index is 1.89. The zero-order valence-corrected chi connectivity index (χ0v) is 19.3. The molecule has 0 fully saturated rings. The fourth-order valence-corrected chi connectivity index (χ4v) is 4.85.